The lowest BCUT2D eigenvalue weighted by Crippen LogP contribution is -2.42. The van der Waals surface area contributed by atoms with E-state index in [0.29, 0.717) is 28.0 Å². The lowest BCUT2D eigenvalue weighted by molar-refractivity contribution is -0.0494. The molecule has 8 nitrogen and oxygen atoms in total. The molecule has 0 aromatic carbocycles. The van der Waals surface area contributed by atoms with Gasteiger partial charge in [0.15, 0.2) is 0 Å². The Morgan fingerprint density at radius 1 is 1.12 bits per heavy atom. The molecule has 0 atom stereocenters. The Kier molecular flexibility index (Phi) is 5.77. The van der Waals surface area contributed by atoms with E-state index in [4.69, 9.17) is 4.74 Å². The summed E-state index contributed by atoms with van der Waals surface area (Å²) in [6.45, 7) is 5.37. The Morgan fingerprint density at radius 2 is 1.85 bits per heavy atom. The van der Waals surface area contributed by atoms with E-state index >= 15 is 0 Å². The van der Waals surface area contributed by atoms with Gasteiger partial charge in [-0.2, -0.15) is 0 Å². The van der Waals surface area contributed by atoms with Gasteiger partial charge < -0.3 is 9.64 Å². The van der Waals surface area contributed by atoms with Gasteiger partial charge in [0, 0.05) is 43.7 Å². The number of nitrogens with one attached hydrogen (secondary N) is 1. The van der Waals surface area contributed by atoms with Crippen LogP contribution in [0.3, 0.4) is 0 Å². The fraction of sp³-hybridized carbons (Fsp3) is 0.391. The second-order valence-electron chi connectivity index (χ2n) is 9.03. The Balaban J connectivity index is 1.53. The number of carbonyl (C=O) groups is 2. The lowest BCUT2D eigenvalue weighted by Gasteiger charge is -2.31. The van der Waals surface area contributed by atoms with Gasteiger partial charge in [0.05, 0.1) is 29.3 Å². The van der Waals surface area contributed by atoms with Crippen molar-refractivity contribution in [3.8, 4) is 5.69 Å². The number of likely N-dealkylation sites (tertiary alicyclic amines) is 1. The van der Waals surface area contributed by atoms with Crippen molar-refractivity contribution in [2.45, 2.75) is 45.1 Å². The van der Waals surface area contributed by atoms with Gasteiger partial charge in [0.2, 0.25) is 0 Å². The van der Waals surface area contributed by atoms with Crippen LogP contribution < -0.4 is 5.32 Å². The predicted octanol–water partition coefficient (Wildman–Crippen LogP) is 4.64. The molecule has 3 aromatic heterocycles. The topological polar surface area (TPSA) is 89.3 Å². The van der Waals surface area contributed by atoms with Crippen LogP contribution >= 0.6 is 0 Å². The summed E-state index contributed by atoms with van der Waals surface area (Å²) in [5, 5.41) is 3.37. The van der Waals surface area contributed by atoms with Gasteiger partial charge >= 0.3 is 6.09 Å². The van der Waals surface area contributed by atoms with Crippen molar-refractivity contribution in [1.29, 1.82) is 0 Å². The average molecular weight is 457 g/mol. The maximum atomic E-state index is 13.4. The van der Waals surface area contributed by atoms with Gasteiger partial charge in [-0.3, -0.25) is 19.7 Å². The van der Waals surface area contributed by atoms with E-state index < -0.39 is 17.6 Å². The molecule has 10 heteroatoms. The molecular weight excluding hydrogens is 432 g/mol. The normalized spacial score (nSPS) is 16.0. The Labute approximate surface area is 189 Å². The predicted molar refractivity (Wildman–Crippen MR) is 119 cm³/mol. The molecular formula is C23H25F2N5O3. The summed E-state index contributed by atoms with van der Waals surface area (Å²) in [5.74, 6) is -3.02. The second-order valence-corrected chi connectivity index (χ2v) is 9.03. The summed E-state index contributed by atoms with van der Waals surface area (Å²) in [6.07, 6.45) is 5.11. The van der Waals surface area contributed by atoms with Crippen molar-refractivity contribution in [1.82, 2.24) is 19.4 Å². The monoisotopic (exact) mass is 457 g/mol. The summed E-state index contributed by atoms with van der Waals surface area (Å²) < 4.78 is 33.8. The number of amides is 2. The van der Waals surface area contributed by atoms with Gasteiger partial charge in [0.1, 0.15) is 11.2 Å². The molecule has 3 aromatic rings. The summed E-state index contributed by atoms with van der Waals surface area (Å²) in [5.41, 5.74) is 1.43. The first-order valence-electron chi connectivity index (χ1n) is 10.6. The minimum Gasteiger partial charge on any atom is -0.444 e. The third-order valence-corrected chi connectivity index (χ3v) is 5.20. The van der Waals surface area contributed by atoms with Gasteiger partial charge in [-0.15, -0.1) is 0 Å². The highest BCUT2D eigenvalue weighted by molar-refractivity contribution is 5.97. The smallest absolute Gasteiger partial charge is 0.412 e. The minimum absolute atomic E-state index is 0.0218. The van der Waals surface area contributed by atoms with Gasteiger partial charge in [0.25, 0.3) is 11.8 Å². The first-order chi connectivity index (χ1) is 15.5. The van der Waals surface area contributed by atoms with E-state index in [1.807, 2.05) is 0 Å². The first kappa shape index (κ1) is 22.6. The zero-order valence-corrected chi connectivity index (χ0v) is 18.6. The van der Waals surface area contributed by atoms with E-state index in [1.54, 1.807) is 55.9 Å². The molecule has 1 aliphatic rings. The number of hydrogen-bond donors (Lipinski definition) is 1. The number of alkyl halides is 2. The SMILES string of the molecule is CC(C)(C)OC(=O)Nc1cncc(-n2ccc3cc(C(=O)N4CCC(F)(F)CC4)cnc32)c1. The number of fused-ring (bicyclic) bond motifs is 1. The Hall–Kier alpha value is -3.56. The number of ether oxygens (including phenoxy) is 1. The molecule has 33 heavy (non-hydrogen) atoms. The molecule has 4 heterocycles. The van der Waals surface area contributed by atoms with Crippen LogP contribution in [-0.2, 0) is 4.74 Å². The summed E-state index contributed by atoms with van der Waals surface area (Å²) in [6, 6.07) is 5.23. The molecule has 0 aliphatic carbocycles. The van der Waals surface area contributed by atoms with Gasteiger partial charge in [-0.1, -0.05) is 0 Å². The molecule has 4 rings (SSSR count). The largest absolute Gasteiger partial charge is 0.444 e. The number of piperidine rings is 1. The molecule has 2 amide bonds. The number of nitrogens with zero attached hydrogens (tertiary/aromatic N) is 4. The molecule has 174 valence electrons. The average Bonchev–Trinajstić information content (AvgIpc) is 3.15. The van der Waals surface area contributed by atoms with Crippen molar-refractivity contribution in [3.63, 3.8) is 0 Å². The zero-order valence-electron chi connectivity index (χ0n) is 18.6. The highest BCUT2D eigenvalue weighted by Crippen LogP contribution is 2.29. The van der Waals surface area contributed by atoms with Crippen LogP contribution in [0.25, 0.3) is 16.7 Å². The highest BCUT2D eigenvalue weighted by atomic mass is 19.3. The molecule has 0 bridgehead atoms. The van der Waals surface area contributed by atoms with Crippen LogP contribution in [0.5, 0.6) is 0 Å². The van der Waals surface area contributed by atoms with Gasteiger partial charge in [-0.25, -0.2) is 18.6 Å². The molecule has 1 fully saturated rings. The first-order valence-corrected chi connectivity index (χ1v) is 10.6. The van der Waals surface area contributed by atoms with E-state index in [0.717, 1.165) is 0 Å². The minimum atomic E-state index is -2.71. The zero-order chi connectivity index (χ0) is 23.8. The second kappa shape index (κ2) is 8.42. The number of hydrogen-bond acceptors (Lipinski definition) is 5. The van der Waals surface area contributed by atoms with Crippen molar-refractivity contribution in [2.75, 3.05) is 18.4 Å². The molecule has 1 saturated heterocycles. The number of aromatic nitrogens is 3. The molecule has 1 N–H and O–H groups in total. The molecule has 0 spiro atoms. The Morgan fingerprint density at radius 3 is 2.55 bits per heavy atom. The Bertz CT molecular complexity index is 1190. The number of pyridine rings is 2. The van der Waals surface area contributed by atoms with Crippen LogP contribution in [0.2, 0.25) is 0 Å². The van der Waals surface area contributed by atoms with Crippen molar-refractivity contribution < 1.29 is 23.1 Å². The van der Waals surface area contributed by atoms with E-state index in [1.165, 1.54) is 17.3 Å². The maximum absolute atomic E-state index is 13.4. The van der Waals surface area contributed by atoms with Gasteiger partial charge in [-0.05, 0) is 39.0 Å². The van der Waals surface area contributed by atoms with Crippen LogP contribution in [0.1, 0.15) is 44.0 Å². The van der Waals surface area contributed by atoms with Crippen molar-refractivity contribution >= 4 is 28.7 Å². The standard InChI is InChI=1S/C23H25F2N5O3/c1-22(2,3)33-21(32)28-17-11-18(14-26-13-17)30-7-4-15-10-16(12-27-19(15)30)20(31)29-8-5-23(24,25)6-9-29/h4,7,10-14H,5-6,8-9H2,1-3H3,(H,28,32). The number of anilines is 1. The van der Waals surface area contributed by atoms with E-state index in [9.17, 15) is 18.4 Å². The third kappa shape index (κ3) is 5.27. The fourth-order valence-corrected chi connectivity index (χ4v) is 3.62. The number of halogens is 2. The van der Waals surface area contributed by atoms with Crippen LogP contribution in [0.4, 0.5) is 19.3 Å². The lowest BCUT2D eigenvalue weighted by atomic mass is 10.1. The maximum Gasteiger partial charge on any atom is 0.412 e. The number of rotatable bonds is 3. The van der Waals surface area contributed by atoms with Crippen LogP contribution in [0, 0.1) is 0 Å². The number of carbonyl (C=O) groups excluding carboxylic acids is 2. The highest BCUT2D eigenvalue weighted by Gasteiger charge is 2.35. The summed E-state index contributed by atoms with van der Waals surface area (Å²) in [7, 11) is 0. The van der Waals surface area contributed by atoms with E-state index in [2.05, 4.69) is 15.3 Å². The molecule has 1 aliphatic heterocycles. The molecule has 0 unspecified atom stereocenters. The van der Waals surface area contributed by atoms with Crippen molar-refractivity contribution in [2.24, 2.45) is 0 Å². The molecule has 0 radical (unpaired) electrons. The van der Waals surface area contributed by atoms with Crippen LogP contribution in [-0.4, -0.2) is 56.0 Å². The quantitative estimate of drug-likeness (QED) is 0.619. The van der Waals surface area contributed by atoms with Crippen molar-refractivity contribution in [3.05, 3.63) is 48.5 Å². The summed E-state index contributed by atoms with van der Waals surface area (Å²) >= 11 is 0. The van der Waals surface area contributed by atoms with E-state index in [-0.39, 0.29) is 31.8 Å². The fourth-order valence-electron chi connectivity index (χ4n) is 3.62. The third-order valence-electron chi connectivity index (χ3n) is 5.20. The summed E-state index contributed by atoms with van der Waals surface area (Å²) in [4.78, 5) is 34.8. The molecule has 0 saturated carbocycles. The van der Waals surface area contributed by atoms with Crippen LogP contribution in [0.15, 0.2) is 43.0 Å².